The molecular weight excluding hydrogens is 993 g/mol. The van der Waals surface area contributed by atoms with Crippen LogP contribution in [0, 0.1) is 13.8 Å². The van der Waals surface area contributed by atoms with Gasteiger partial charge in [0.1, 0.15) is 0 Å². The lowest BCUT2D eigenvalue weighted by Gasteiger charge is -2.03. The van der Waals surface area contributed by atoms with Crippen LogP contribution in [0.2, 0.25) is 0 Å². The van der Waals surface area contributed by atoms with Gasteiger partial charge in [-0.3, -0.25) is 19.9 Å². The molecule has 0 amide bonds. The summed E-state index contributed by atoms with van der Waals surface area (Å²) in [5, 5.41) is 0. The highest BCUT2D eigenvalue weighted by Crippen LogP contribution is 2.15. The number of rotatable bonds is 6. The van der Waals surface area contributed by atoms with E-state index in [0.29, 0.717) is 35.5 Å². The van der Waals surface area contributed by atoms with E-state index in [0.717, 1.165) is 17.1 Å². The number of aryl methyl sites for hydroxylation is 2. The molecule has 0 saturated heterocycles. The quantitative estimate of drug-likeness (QED) is 0.150. The largest absolute Gasteiger partial charge is 0.373 e. The molecule has 0 aliphatic rings. The van der Waals surface area contributed by atoms with Gasteiger partial charge in [0.05, 0.1) is 0 Å². The van der Waals surface area contributed by atoms with Crippen LogP contribution in [0.3, 0.4) is 0 Å². The van der Waals surface area contributed by atoms with Crippen molar-refractivity contribution >= 4 is 36.9 Å². The normalized spacial score (nSPS) is 7.95. The lowest BCUT2D eigenvalue weighted by atomic mass is 10.0. The Morgan fingerprint density at radius 2 is 0.577 bits per heavy atom. The van der Waals surface area contributed by atoms with E-state index in [-0.39, 0.29) is 66.6 Å². The van der Waals surface area contributed by atoms with E-state index in [1.807, 2.05) is 75.0 Å². The van der Waals surface area contributed by atoms with Gasteiger partial charge in [0.25, 0.3) is 0 Å². The van der Waals surface area contributed by atoms with Crippen LogP contribution in [0.15, 0.2) is 146 Å². The average molecular weight is 1080 g/mol. The fourth-order valence-electron chi connectivity index (χ4n) is 4.96. The van der Waals surface area contributed by atoms with Crippen molar-refractivity contribution in [2.24, 2.45) is 0 Å². The van der Waals surface area contributed by atoms with E-state index in [4.69, 9.17) is 57.5 Å². The predicted octanol–water partition coefficient (Wildman–Crippen LogP) is 14.1. The molecule has 4 aromatic heterocycles. The van der Waals surface area contributed by atoms with Crippen LogP contribution < -0.4 is 0 Å². The van der Waals surface area contributed by atoms with Gasteiger partial charge in [-0.1, -0.05) is 186 Å². The first-order valence-electron chi connectivity index (χ1n) is 22.8. The SMILES string of the molecule is C.C.C.C.CC(C)c1ccccc1.CC(C)c1ccccc1.CC(C)c1ccccn1.CC(C)c1cccnc1.Cc1cc(C(C)C)ccn1.Cc1cc(C(C)C)ccn1.O=C=O.O=C=O.O=C=O.O=C=O.O=C=O.O=C=O. The number of nitrogens with zero attached hydrogens (tertiary/aromatic N) is 4. The second kappa shape index (κ2) is 68.3. The highest BCUT2D eigenvalue weighted by atomic mass is 16.2. The molecule has 6 rings (SSSR count). The van der Waals surface area contributed by atoms with Crippen molar-refractivity contribution in [3.8, 4) is 0 Å². The lowest BCUT2D eigenvalue weighted by Crippen LogP contribution is -1.88. The predicted molar refractivity (Wildman–Crippen MR) is 301 cm³/mol. The van der Waals surface area contributed by atoms with E-state index >= 15 is 0 Å². The third-order valence-corrected chi connectivity index (χ3v) is 8.74. The zero-order chi connectivity index (χ0) is 58.1. The molecule has 16 heteroatoms. The van der Waals surface area contributed by atoms with Gasteiger partial charge in [-0.2, -0.15) is 57.5 Å². The number of aromatic nitrogens is 4. The Hall–Kier alpha value is -8.68. The summed E-state index contributed by atoms with van der Waals surface area (Å²) in [5.41, 5.74) is 10.2. The molecule has 16 nitrogen and oxygen atoms in total. The summed E-state index contributed by atoms with van der Waals surface area (Å²) in [5.74, 6) is 3.69. The summed E-state index contributed by atoms with van der Waals surface area (Å²) in [7, 11) is 0. The van der Waals surface area contributed by atoms with Crippen molar-refractivity contribution in [1.29, 1.82) is 0 Å². The van der Waals surface area contributed by atoms with Crippen molar-refractivity contribution in [2.75, 3.05) is 0 Å². The fraction of sp³-hybridized carbons (Fsp3) is 0.387. The molecule has 2 aromatic carbocycles. The van der Waals surface area contributed by atoms with Gasteiger partial charge in [-0.25, -0.2) is 0 Å². The van der Waals surface area contributed by atoms with Crippen LogP contribution in [0.1, 0.15) is 193 Å². The van der Waals surface area contributed by atoms with Crippen molar-refractivity contribution in [2.45, 2.75) is 162 Å². The molecule has 0 fully saturated rings. The van der Waals surface area contributed by atoms with Gasteiger partial charge in [-0.15, -0.1) is 0 Å². The minimum atomic E-state index is 0. The van der Waals surface area contributed by atoms with E-state index in [9.17, 15) is 0 Å². The molecule has 0 spiro atoms. The van der Waals surface area contributed by atoms with Crippen LogP contribution in [-0.2, 0) is 57.5 Å². The molecule has 428 valence electrons. The molecular formula is C62H88N4O12. The Labute approximate surface area is 466 Å². The third-order valence-electron chi connectivity index (χ3n) is 8.74. The summed E-state index contributed by atoms with van der Waals surface area (Å²) < 4.78 is 0. The molecule has 78 heavy (non-hydrogen) atoms. The Morgan fingerprint density at radius 1 is 0.295 bits per heavy atom. The summed E-state index contributed by atoms with van der Waals surface area (Å²) in [6.07, 6.45) is 10.8. The number of pyridine rings is 4. The van der Waals surface area contributed by atoms with Gasteiger partial charge in [-0.05, 0) is 120 Å². The summed E-state index contributed by atoms with van der Waals surface area (Å²) in [4.78, 5) is 114. The maximum Gasteiger partial charge on any atom is 0.373 e. The first-order chi connectivity index (χ1) is 35.1. The van der Waals surface area contributed by atoms with Gasteiger partial charge >= 0.3 is 36.9 Å². The van der Waals surface area contributed by atoms with E-state index in [1.54, 1.807) is 6.20 Å². The van der Waals surface area contributed by atoms with Crippen LogP contribution in [-0.4, -0.2) is 56.8 Å². The molecule has 0 aliphatic carbocycles. The van der Waals surface area contributed by atoms with E-state index in [2.05, 4.69) is 182 Å². The fourth-order valence-corrected chi connectivity index (χ4v) is 4.96. The number of benzene rings is 2. The number of hydrogen-bond acceptors (Lipinski definition) is 16. The molecule has 0 radical (unpaired) electrons. The smallest absolute Gasteiger partial charge is 0.264 e. The molecule has 0 N–H and O–H groups in total. The molecule has 0 aliphatic heterocycles. The molecule has 6 aromatic rings. The van der Waals surface area contributed by atoms with Crippen LogP contribution in [0.4, 0.5) is 0 Å². The molecule has 0 bridgehead atoms. The second-order valence-electron chi connectivity index (χ2n) is 16.3. The van der Waals surface area contributed by atoms with E-state index in [1.165, 1.54) is 27.8 Å². The Kier molecular flexibility index (Phi) is 80.5. The first-order valence-corrected chi connectivity index (χ1v) is 22.8. The number of hydrogen-bond donors (Lipinski definition) is 0. The highest BCUT2D eigenvalue weighted by molar-refractivity contribution is 5.22. The average Bonchev–Trinajstić information content (AvgIpc) is 3.37. The van der Waals surface area contributed by atoms with Crippen molar-refractivity contribution in [1.82, 2.24) is 19.9 Å². The molecule has 0 atom stereocenters. The Morgan fingerprint density at radius 3 is 0.744 bits per heavy atom. The third kappa shape index (κ3) is 65.3. The van der Waals surface area contributed by atoms with Gasteiger partial charge in [0.2, 0.25) is 0 Å². The summed E-state index contributed by atoms with van der Waals surface area (Å²) in [6, 6.07) is 39.5. The standard InChI is InChI=1S/2C9H13N.2C9H12.2C8H11N.6CO2.4CH4/c2*1-7(2)9-4-5-10-8(3)6-9;2*1-8(2)9-6-4-3-5-7-9;1-7(2)8-4-3-5-9-6-8;1-7(2)8-5-3-4-6-9-8;6*2-1-3;;;;/h2*4-7H,1-3H3;2*3-8H,1-2H3;2*3-7H,1-2H3;;;;;;;4*1H4. The minimum Gasteiger partial charge on any atom is -0.264 e. The zero-order valence-electron chi connectivity index (χ0n) is 45.0. The lowest BCUT2D eigenvalue weighted by molar-refractivity contribution is -0.193. The van der Waals surface area contributed by atoms with Crippen LogP contribution >= 0.6 is 0 Å². The van der Waals surface area contributed by atoms with Gasteiger partial charge in [0, 0.05) is 48.1 Å². The molecule has 4 heterocycles. The number of carbonyl (C=O) groups excluding carboxylic acids is 12. The van der Waals surface area contributed by atoms with Crippen LogP contribution in [0.25, 0.3) is 0 Å². The van der Waals surface area contributed by atoms with Crippen LogP contribution in [0.5, 0.6) is 0 Å². The van der Waals surface area contributed by atoms with Crippen molar-refractivity contribution < 1.29 is 57.5 Å². The summed E-state index contributed by atoms with van der Waals surface area (Å²) in [6.45, 7) is 30.2. The molecule has 0 unspecified atom stereocenters. The monoisotopic (exact) mass is 1080 g/mol. The first kappa shape index (κ1) is 92.0. The Balaban J connectivity index is -0.0000000829. The van der Waals surface area contributed by atoms with Crippen molar-refractivity contribution in [3.63, 3.8) is 0 Å². The zero-order valence-corrected chi connectivity index (χ0v) is 45.0. The van der Waals surface area contributed by atoms with Crippen molar-refractivity contribution in [3.05, 3.63) is 191 Å². The molecule has 0 saturated carbocycles. The topological polar surface area (TPSA) is 256 Å². The maximum absolute atomic E-state index is 8.12. The summed E-state index contributed by atoms with van der Waals surface area (Å²) >= 11 is 0. The highest BCUT2D eigenvalue weighted by Gasteiger charge is 1.99. The van der Waals surface area contributed by atoms with Gasteiger partial charge in [0.15, 0.2) is 0 Å². The van der Waals surface area contributed by atoms with Gasteiger partial charge < -0.3 is 0 Å². The van der Waals surface area contributed by atoms with E-state index < -0.39 is 0 Å². The maximum atomic E-state index is 8.12. The second-order valence-corrected chi connectivity index (χ2v) is 16.3. The minimum absolute atomic E-state index is 0. The Bertz CT molecular complexity index is 2100.